The Balaban J connectivity index is 2.57. The number of aliphatic imine (C=N–C) groups is 1. The molecule has 1 amide bonds. The van der Waals surface area contributed by atoms with Crippen LogP contribution in [0.5, 0.6) is 0 Å². The Kier molecular flexibility index (Phi) is 6.82. The lowest BCUT2D eigenvalue weighted by molar-refractivity contribution is -0.121. The van der Waals surface area contributed by atoms with Gasteiger partial charge in [-0.2, -0.15) is 0 Å². The standard InChI is InChI=1S/C16H27N5O/c1-6-17-15(19-11-14(22)21-16(3,4)5)18-10-13-9-7-8-12(2)20-13/h7-9H,6,10-11H2,1-5H3,(H,21,22)(H2,17,18,19). The molecule has 1 rings (SSSR count). The Morgan fingerprint density at radius 2 is 2.00 bits per heavy atom. The van der Waals surface area contributed by atoms with Gasteiger partial charge in [0.25, 0.3) is 0 Å². The highest BCUT2D eigenvalue weighted by Crippen LogP contribution is 2.00. The van der Waals surface area contributed by atoms with E-state index in [0.717, 1.165) is 17.9 Å². The van der Waals surface area contributed by atoms with Crippen molar-refractivity contribution in [2.75, 3.05) is 13.1 Å². The number of nitrogens with one attached hydrogen (secondary N) is 3. The van der Waals surface area contributed by atoms with E-state index in [1.54, 1.807) is 0 Å². The summed E-state index contributed by atoms with van der Waals surface area (Å²) >= 11 is 0. The fraction of sp³-hybridized carbons (Fsp3) is 0.562. The molecule has 0 unspecified atom stereocenters. The molecular formula is C16H27N5O. The summed E-state index contributed by atoms with van der Waals surface area (Å²) in [4.78, 5) is 20.7. The number of carbonyl (C=O) groups excluding carboxylic acids is 1. The van der Waals surface area contributed by atoms with Crippen molar-refractivity contribution in [2.45, 2.75) is 46.7 Å². The maximum absolute atomic E-state index is 11.8. The van der Waals surface area contributed by atoms with Crippen molar-refractivity contribution in [1.29, 1.82) is 0 Å². The number of guanidine groups is 1. The number of hydrogen-bond donors (Lipinski definition) is 3. The Morgan fingerprint density at radius 1 is 1.27 bits per heavy atom. The van der Waals surface area contributed by atoms with E-state index in [-0.39, 0.29) is 18.0 Å². The molecule has 0 radical (unpaired) electrons. The van der Waals surface area contributed by atoms with Crippen LogP contribution in [0.4, 0.5) is 0 Å². The number of aryl methyl sites for hydroxylation is 1. The molecule has 0 fully saturated rings. The summed E-state index contributed by atoms with van der Waals surface area (Å²) in [5.74, 6) is 0.543. The number of amides is 1. The zero-order valence-electron chi connectivity index (χ0n) is 14.2. The van der Waals surface area contributed by atoms with Gasteiger partial charge in [0.2, 0.25) is 5.91 Å². The summed E-state index contributed by atoms with van der Waals surface area (Å²) in [5.41, 5.74) is 1.63. The van der Waals surface area contributed by atoms with E-state index < -0.39 is 0 Å². The maximum atomic E-state index is 11.8. The van der Waals surface area contributed by atoms with Gasteiger partial charge in [0, 0.05) is 17.8 Å². The van der Waals surface area contributed by atoms with E-state index in [9.17, 15) is 4.79 Å². The van der Waals surface area contributed by atoms with Crippen molar-refractivity contribution in [3.8, 4) is 0 Å². The predicted molar refractivity (Wildman–Crippen MR) is 89.7 cm³/mol. The average Bonchev–Trinajstić information content (AvgIpc) is 2.40. The second-order valence-corrected chi connectivity index (χ2v) is 6.12. The molecule has 0 aromatic carbocycles. The molecule has 1 aromatic rings. The van der Waals surface area contributed by atoms with Crippen molar-refractivity contribution in [3.05, 3.63) is 29.6 Å². The first-order valence-electron chi connectivity index (χ1n) is 7.56. The number of aromatic nitrogens is 1. The summed E-state index contributed by atoms with van der Waals surface area (Å²) in [6.07, 6.45) is 0. The zero-order chi connectivity index (χ0) is 16.6. The highest BCUT2D eigenvalue weighted by atomic mass is 16.2. The lowest BCUT2D eigenvalue weighted by atomic mass is 10.1. The second kappa shape index (κ2) is 8.36. The van der Waals surface area contributed by atoms with Crippen LogP contribution in [0.3, 0.4) is 0 Å². The number of rotatable bonds is 5. The second-order valence-electron chi connectivity index (χ2n) is 6.12. The van der Waals surface area contributed by atoms with Crippen LogP contribution in [0, 0.1) is 6.92 Å². The molecule has 6 nitrogen and oxygen atoms in total. The van der Waals surface area contributed by atoms with Gasteiger partial charge in [-0.1, -0.05) is 6.07 Å². The summed E-state index contributed by atoms with van der Waals surface area (Å²) < 4.78 is 0. The van der Waals surface area contributed by atoms with E-state index in [1.165, 1.54) is 0 Å². The Labute approximate surface area is 132 Å². The van der Waals surface area contributed by atoms with Crippen LogP contribution in [-0.4, -0.2) is 35.5 Å². The summed E-state index contributed by atoms with van der Waals surface area (Å²) in [7, 11) is 0. The topological polar surface area (TPSA) is 78.4 Å². The molecule has 0 saturated carbocycles. The number of pyridine rings is 1. The number of hydrogen-bond acceptors (Lipinski definition) is 3. The van der Waals surface area contributed by atoms with Gasteiger partial charge in [-0.3, -0.25) is 9.78 Å². The van der Waals surface area contributed by atoms with E-state index >= 15 is 0 Å². The van der Waals surface area contributed by atoms with E-state index in [2.05, 4.69) is 25.9 Å². The SMILES string of the molecule is CCNC(=NCc1cccc(C)n1)NCC(=O)NC(C)(C)C. The molecule has 22 heavy (non-hydrogen) atoms. The molecule has 0 atom stereocenters. The fourth-order valence-corrected chi connectivity index (χ4v) is 1.82. The fourth-order valence-electron chi connectivity index (χ4n) is 1.82. The largest absolute Gasteiger partial charge is 0.357 e. The first kappa shape index (κ1) is 17.9. The van der Waals surface area contributed by atoms with Gasteiger partial charge < -0.3 is 16.0 Å². The highest BCUT2D eigenvalue weighted by molar-refractivity contribution is 5.86. The molecule has 122 valence electrons. The van der Waals surface area contributed by atoms with E-state index in [0.29, 0.717) is 12.5 Å². The normalized spacial score (nSPS) is 12.0. The Bertz CT molecular complexity index is 520. The molecule has 0 saturated heterocycles. The first-order valence-corrected chi connectivity index (χ1v) is 7.56. The van der Waals surface area contributed by atoms with Gasteiger partial charge >= 0.3 is 0 Å². The van der Waals surface area contributed by atoms with Crippen LogP contribution in [0.2, 0.25) is 0 Å². The molecule has 1 aromatic heterocycles. The van der Waals surface area contributed by atoms with Crippen molar-refractivity contribution in [3.63, 3.8) is 0 Å². The minimum absolute atomic E-state index is 0.0632. The van der Waals surface area contributed by atoms with E-state index in [1.807, 2.05) is 52.8 Å². The van der Waals surface area contributed by atoms with Crippen LogP contribution < -0.4 is 16.0 Å². The third-order valence-electron chi connectivity index (χ3n) is 2.62. The third kappa shape index (κ3) is 7.61. The summed E-state index contributed by atoms with van der Waals surface area (Å²) in [5, 5.41) is 9.05. The Morgan fingerprint density at radius 3 is 2.59 bits per heavy atom. The zero-order valence-corrected chi connectivity index (χ0v) is 14.2. The van der Waals surface area contributed by atoms with Crippen molar-refractivity contribution in [2.24, 2.45) is 4.99 Å². The lowest BCUT2D eigenvalue weighted by Crippen LogP contribution is -2.48. The smallest absolute Gasteiger partial charge is 0.239 e. The molecular weight excluding hydrogens is 278 g/mol. The molecule has 0 bridgehead atoms. The minimum atomic E-state index is -0.236. The molecule has 0 aliphatic rings. The molecule has 0 aliphatic carbocycles. The minimum Gasteiger partial charge on any atom is -0.357 e. The van der Waals surface area contributed by atoms with Crippen LogP contribution in [-0.2, 0) is 11.3 Å². The van der Waals surface area contributed by atoms with Gasteiger partial charge in [0.05, 0.1) is 18.8 Å². The summed E-state index contributed by atoms with van der Waals surface area (Å²) in [6, 6.07) is 5.85. The lowest BCUT2D eigenvalue weighted by Gasteiger charge is -2.21. The van der Waals surface area contributed by atoms with Crippen molar-refractivity contribution in [1.82, 2.24) is 20.9 Å². The van der Waals surface area contributed by atoms with Crippen molar-refractivity contribution < 1.29 is 4.79 Å². The van der Waals surface area contributed by atoms with Crippen molar-refractivity contribution >= 4 is 11.9 Å². The molecule has 6 heteroatoms. The van der Waals surface area contributed by atoms with Crippen LogP contribution in [0.15, 0.2) is 23.2 Å². The van der Waals surface area contributed by atoms with E-state index in [4.69, 9.17) is 0 Å². The number of carbonyl (C=O) groups is 1. The summed E-state index contributed by atoms with van der Waals surface area (Å²) in [6.45, 7) is 11.2. The maximum Gasteiger partial charge on any atom is 0.239 e. The quantitative estimate of drug-likeness (QED) is 0.567. The average molecular weight is 305 g/mol. The van der Waals surface area contributed by atoms with Crippen LogP contribution in [0.25, 0.3) is 0 Å². The molecule has 3 N–H and O–H groups in total. The number of nitrogens with zero attached hydrogens (tertiary/aromatic N) is 2. The van der Waals surface area contributed by atoms with Gasteiger partial charge in [-0.25, -0.2) is 4.99 Å². The first-order chi connectivity index (χ1) is 10.3. The third-order valence-corrected chi connectivity index (χ3v) is 2.62. The molecule has 0 aliphatic heterocycles. The Hall–Kier alpha value is -2.11. The van der Waals surface area contributed by atoms with Gasteiger partial charge in [0.1, 0.15) is 0 Å². The predicted octanol–water partition coefficient (Wildman–Crippen LogP) is 1.36. The van der Waals surface area contributed by atoms with Gasteiger partial charge in [-0.05, 0) is 46.8 Å². The monoisotopic (exact) mass is 305 g/mol. The highest BCUT2D eigenvalue weighted by Gasteiger charge is 2.13. The van der Waals surface area contributed by atoms with Crippen LogP contribution >= 0.6 is 0 Å². The van der Waals surface area contributed by atoms with Crippen LogP contribution in [0.1, 0.15) is 39.1 Å². The molecule has 0 spiro atoms. The molecule has 1 heterocycles. The van der Waals surface area contributed by atoms with Gasteiger partial charge in [-0.15, -0.1) is 0 Å². The van der Waals surface area contributed by atoms with Gasteiger partial charge in [0.15, 0.2) is 5.96 Å².